The van der Waals surface area contributed by atoms with Gasteiger partial charge in [0.15, 0.2) is 5.78 Å². The molecule has 1 aromatic carbocycles. The average Bonchev–Trinajstić information content (AvgIpc) is 3.07. The fourth-order valence-electron chi connectivity index (χ4n) is 6.84. The monoisotopic (exact) mass is 327 g/mol. The van der Waals surface area contributed by atoms with E-state index < -0.39 is 9.67 Å². The van der Waals surface area contributed by atoms with Crippen molar-refractivity contribution in [2.24, 2.45) is 41.4 Å². The number of carbonyl (C=O) groups excluding carboxylic acids is 2. The van der Waals surface area contributed by atoms with Crippen LogP contribution in [0.25, 0.3) is 0 Å². The lowest BCUT2D eigenvalue weighted by Crippen LogP contribution is -2.62. The Hall–Kier alpha value is -1.69. The number of nitro benzene ring substituents is 1. The molecule has 0 amide bonds. The van der Waals surface area contributed by atoms with Crippen molar-refractivity contribution in [2.75, 3.05) is 0 Å². The summed E-state index contributed by atoms with van der Waals surface area (Å²) in [6, 6.07) is 6.38. The van der Waals surface area contributed by atoms with E-state index in [1.54, 1.807) is 12.1 Å². The number of thioether (sulfide) groups is 1. The standard InChI is InChI=1S/C17H13NO4S/c19-15-10-8-5-9-11(10)16(20)17(13(9)12(8)14(15)17)23-7-3-1-6(2-4-7)18(21)22/h1-4,8-14H,5H2. The van der Waals surface area contributed by atoms with Crippen LogP contribution in [-0.4, -0.2) is 21.2 Å². The first-order valence-electron chi connectivity index (χ1n) is 8.07. The van der Waals surface area contributed by atoms with Crippen LogP contribution in [0.2, 0.25) is 0 Å². The minimum absolute atomic E-state index is 0.0157. The van der Waals surface area contributed by atoms with Gasteiger partial charge < -0.3 is 0 Å². The van der Waals surface area contributed by atoms with Crippen molar-refractivity contribution in [3.8, 4) is 0 Å². The van der Waals surface area contributed by atoms with Crippen LogP contribution in [-0.2, 0) is 9.59 Å². The summed E-state index contributed by atoms with van der Waals surface area (Å²) in [5.41, 5.74) is 0.0527. The maximum absolute atomic E-state index is 13.1. The van der Waals surface area contributed by atoms with Crippen LogP contribution in [0.4, 0.5) is 5.69 Å². The zero-order chi connectivity index (χ0) is 15.7. The number of nitro groups is 1. The van der Waals surface area contributed by atoms with Crippen LogP contribution < -0.4 is 0 Å². The minimum atomic E-state index is -0.547. The number of rotatable bonds is 3. The van der Waals surface area contributed by atoms with Crippen LogP contribution >= 0.6 is 11.8 Å². The quantitative estimate of drug-likeness (QED) is 0.629. The van der Waals surface area contributed by atoms with E-state index in [0.717, 1.165) is 11.3 Å². The van der Waals surface area contributed by atoms with Crippen LogP contribution in [0, 0.1) is 51.5 Å². The Kier molecular flexibility index (Phi) is 1.95. The maximum atomic E-state index is 13.1. The van der Waals surface area contributed by atoms with E-state index in [-0.39, 0.29) is 23.4 Å². The van der Waals surface area contributed by atoms with E-state index in [1.807, 2.05) is 0 Å². The van der Waals surface area contributed by atoms with Gasteiger partial charge in [-0.25, -0.2) is 0 Å². The van der Waals surface area contributed by atoms with Gasteiger partial charge in [-0.15, -0.1) is 11.8 Å². The second kappa shape index (κ2) is 3.53. The third-order valence-electron chi connectivity index (χ3n) is 7.22. The number of hydrogen-bond donors (Lipinski definition) is 0. The minimum Gasteiger partial charge on any atom is -0.299 e. The van der Waals surface area contributed by atoms with E-state index in [0.29, 0.717) is 35.2 Å². The molecular formula is C17H13NO4S. The summed E-state index contributed by atoms with van der Waals surface area (Å²) in [4.78, 5) is 37.0. The number of carbonyl (C=O) groups is 2. The summed E-state index contributed by atoms with van der Waals surface area (Å²) < 4.78 is -0.547. The Morgan fingerprint density at radius 3 is 2.57 bits per heavy atom. The number of fused-ring (bicyclic) bond motifs is 2. The molecule has 6 heteroatoms. The molecule has 116 valence electrons. The lowest BCUT2D eigenvalue weighted by molar-refractivity contribution is -0.384. The zero-order valence-corrected chi connectivity index (χ0v) is 12.9. The van der Waals surface area contributed by atoms with Crippen molar-refractivity contribution in [3.05, 3.63) is 34.4 Å². The van der Waals surface area contributed by atoms with Gasteiger partial charge in [-0.2, -0.15) is 0 Å². The smallest absolute Gasteiger partial charge is 0.269 e. The number of nitrogens with zero attached hydrogens (tertiary/aromatic N) is 1. The van der Waals surface area contributed by atoms with Gasteiger partial charge in [0.25, 0.3) is 5.69 Å². The van der Waals surface area contributed by atoms with Crippen molar-refractivity contribution < 1.29 is 14.5 Å². The molecule has 5 fully saturated rings. The highest BCUT2D eigenvalue weighted by Gasteiger charge is 2.90. The molecule has 0 saturated heterocycles. The predicted octanol–water partition coefficient (Wildman–Crippen LogP) is 2.34. The normalized spacial score (nSPS) is 50.0. The average molecular weight is 327 g/mol. The topological polar surface area (TPSA) is 77.3 Å². The van der Waals surface area contributed by atoms with Crippen molar-refractivity contribution in [1.29, 1.82) is 0 Å². The molecule has 0 radical (unpaired) electrons. The summed E-state index contributed by atoms with van der Waals surface area (Å²) in [7, 11) is 0. The number of ketones is 2. The summed E-state index contributed by atoms with van der Waals surface area (Å²) in [5.74, 6) is 2.31. The molecule has 0 N–H and O–H groups in total. The van der Waals surface area contributed by atoms with E-state index in [9.17, 15) is 19.7 Å². The molecule has 5 aliphatic carbocycles. The molecule has 1 aromatic rings. The molecular weight excluding hydrogens is 314 g/mol. The Morgan fingerprint density at radius 2 is 1.87 bits per heavy atom. The predicted molar refractivity (Wildman–Crippen MR) is 80.7 cm³/mol. The summed E-state index contributed by atoms with van der Waals surface area (Å²) in [5, 5.41) is 10.8. The van der Waals surface area contributed by atoms with Gasteiger partial charge >= 0.3 is 0 Å². The van der Waals surface area contributed by atoms with Crippen molar-refractivity contribution in [3.63, 3.8) is 0 Å². The number of benzene rings is 1. The van der Waals surface area contributed by atoms with E-state index in [4.69, 9.17) is 0 Å². The second-order valence-corrected chi connectivity index (χ2v) is 8.96. The molecule has 0 heterocycles. The molecule has 5 nitrogen and oxygen atoms in total. The Labute approximate surface area is 136 Å². The highest BCUT2D eigenvalue weighted by molar-refractivity contribution is 8.01. The molecule has 8 atom stereocenters. The van der Waals surface area contributed by atoms with Crippen molar-refractivity contribution >= 4 is 29.0 Å². The molecule has 2 bridgehead atoms. The number of hydrogen-bond acceptors (Lipinski definition) is 5. The Morgan fingerprint density at radius 1 is 1.13 bits per heavy atom. The summed E-state index contributed by atoms with van der Waals surface area (Å²) >= 11 is 1.51. The third-order valence-corrected chi connectivity index (χ3v) is 8.80. The molecule has 0 aliphatic heterocycles. The van der Waals surface area contributed by atoms with Gasteiger partial charge in [0, 0.05) is 34.8 Å². The van der Waals surface area contributed by atoms with E-state index in [1.165, 1.54) is 23.9 Å². The molecule has 5 aliphatic rings. The van der Waals surface area contributed by atoms with E-state index in [2.05, 4.69) is 0 Å². The fourth-order valence-corrected chi connectivity index (χ4v) is 8.60. The lowest BCUT2D eigenvalue weighted by Gasteiger charge is -2.53. The van der Waals surface area contributed by atoms with Crippen LogP contribution in [0.1, 0.15) is 6.42 Å². The van der Waals surface area contributed by atoms with Crippen molar-refractivity contribution in [2.45, 2.75) is 16.1 Å². The first-order valence-corrected chi connectivity index (χ1v) is 8.89. The highest BCUT2D eigenvalue weighted by atomic mass is 32.2. The first-order chi connectivity index (χ1) is 11.1. The maximum Gasteiger partial charge on any atom is 0.269 e. The lowest BCUT2D eigenvalue weighted by atomic mass is 9.58. The SMILES string of the molecule is O=C1C2C3CC4C2C(=O)C2(Sc5ccc([N+](=O)[O-])cc5)C1C3C42. The Bertz CT molecular complexity index is 818. The third kappa shape index (κ3) is 1.08. The molecule has 8 unspecified atom stereocenters. The number of non-ortho nitro benzene ring substituents is 1. The molecule has 6 rings (SSSR count). The Balaban J connectivity index is 1.42. The van der Waals surface area contributed by atoms with Gasteiger partial charge in [0.05, 0.1) is 9.67 Å². The van der Waals surface area contributed by atoms with Gasteiger partial charge in [-0.05, 0) is 42.2 Å². The summed E-state index contributed by atoms with van der Waals surface area (Å²) in [6.07, 6.45) is 1.07. The van der Waals surface area contributed by atoms with Crippen molar-refractivity contribution in [1.82, 2.24) is 0 Å². The first kappa shape index (κ1) is 12.7. The van der Waals surface area contributed by atoms with Crippen LogP contribution in [0.5, 0.6) is 0 Å². The van der Waals surface area contributed by atoms with Gasteiger partial charge in [0.1, 0.15) is 5.78 Å². The fraction of sp³-hybridized carbons (Fsp3) is 0.529. The summed E-state index contributed by atoms with van der Waals surface area (Å²) in [6.45, 7) is 0. The van der Waals surface area contributed by atoms with Gasteiger partial charge in [-0.1, -0.05) is 0 Å². The zero-order valence-electron chi connectivity index (χ0n) is 12.0. The molecule has 5 saturated carbocycles. The van der Waals surface area contributed by atoms with E-state index >= 15 is 0 Å². The number of Topliss-reactive ketones (excluding diaryl/α,β-unsaturated/α-hetero) is 2. The molecule has 23 heavy (non-hydrogen) atoms. The molecule has 0 spiro atoms. The molecule has 0 aromatic heterocycles. The van der Waals surface area contributed by atoms with Crippen LogP contribution in [0.3, 0.4) is 0 Å². The van der Waals surface area contributed by atoms with Gasteiger partial charge in [-0.3, -0.25) is 19.7 Å². The highest BCUT2D eigenvalue weighted by Crippen LogP contribution is 2.85. The second-order valence-electron chi connectivity index (χ2n) is 7.61. The largest absolute Gasteiger partial charge is 0.299 e. The van der Waals surface area contributed by atoms with Crippen LogP contribution in [0.15, 0.2) is 29.2 Å². The van der Waals surface area contributed by atoms with Gasteiger partial charge in [0.2, 0.25) is 0 Å².